The zero-order valence-electron chi connectivity index (χ0n) is 14.1. The maximum absolute atomic E-state index is 13.4. The number of esters is 2. The molecular weight excluding hydrogens is 456 g/mol. The standard InChI is InChI=1S/C12H12F8O8S/c1-6(2)7(21)28-11(12(18,19)20,8(22)26-5-9(13,14)15)27-4-3-10(16,17)29(23,24)25/h1,3-5H2,2H3,(H,23,24,25). The molecule has 0 aromatic carbocycles. The highest BCUT2D eigenvalue weighted by Gasteiger charge is 2.68. The SMILES string of the molecule is C=C(C)C(=O)OC(OCCC(F)(F)S(=O)(=O)O)(C(=O)OCC(F)(F)F)C(F)(F)F. The van der Waals surface area contributed by atoms with Gasteiger partial charge >= 0.3 is 45.5 Å². The third-order valence-corrected chi connectivity index (χ3v) is 3.63. The fourth-order valence-corrected chi connectivity index (χ4v) is 1.63. The summed E-state index contributed by atoms with van der Waals surface area (Å²) in [7, 11) is -6.12. The molecule has 0 spiro atoms. The third kappa shape index (κ3) is 7.39. The second-order valence-electron chi connectivity index (χ2n) is 5.19. The van der Waals surface area contributed by atoms with Gasteiger partial charge in [-0.15, -0.1) is 0 Å². The lowest BCUT2D eigenvalue weighted by molar-refractivity contribution is -0.357. The van der Waals surface area contributed by atoms with Gasteiger partial charge in [-0.25, -0.2) is 9.59 Å². The molecule has 0 heterocycles. The van der Waals surface area contributed by atoms with Crippen LogP contribution in [0, 0.1) is 0 Å². The highest BCUT2D eigenvalue weighted by Crippen LogP contribution is 2.38. The Labute approximate surface area is 157 Å². The molecule has 8 nitrogen and oxygen atoms in total. The molecule has 17 heteroatoms. The van der Waals surface area contributed by atoms with Crippen LogP contribution in [0.1, 0.15) is 13.3 Å². The van der Waals surface area contributed by atoms with Crippen molar-refractivity contribution in [1.29, 1.82) is 0 Å². The molecule has 1 atom stereocenters. The van der Waals surface area contributed by atoms with E-state index in [9.17, 15) is 53.1 Å². The summed E-state index contributed by atoms with van der Waals surface area (Å²) in [5.41, 5.74) is -0.811. The average Bonchev–Trinajstić information content (AvgIpc) is 2.47. The number of carbonyl (C=O) groups is 2. The van der Waals surface area contributed by atoms with Crippen LogP contribution in [-0.4, -0.2) is 61.5 Å². The Bertz CT molecular complexity index is 742. The molecule has 0 radical (unpaired) electrons. The number of hydrogen-bond donors (Lipinski definition) is 1. The van der Waals surface area contributed by atoms with E-state index in [1.807, 2.05) is 0 Å². The smallest absolute Gasteiger partial charge is 0.451 e. The molecule has 0 rings (SSSR count). The monoisotopic (exact) mass is 468 g/mol. The van der Waals surface area contributed by atoms with Gasteiger partial charge in [0, 0.05) is 5.57 Å². The molecule has 29 heavy (non-hydrogen) atoms. The predicted molar refractivity (Wildman–Crippen MR) is 73.8 cm³/mol. The minimum absolute atomic E-state index is 0.761. The van der Waals surface area contributed by atoms with E-state index in [0.29, 0.717) is 0 Å². The lowest BCUT2D eigenvalue weighted by atomic mass is 10.2. The van der Waals surface area contributed by atoms with E-state index in [2.05, 4.69) is 20.8 Å². The molecule has 0 amide bonds. The molecule has 0 fully saturated rings. The molecule has 0 aromatic heterocycles. The maximum atomic E-state index is 13.4. The molecule has 0 aliphatic rings. The molecule has 0 bridgehead atoms. The second-order valence-corrected chi connectivity index (χ2v) is 6.73. The van der Waals surface area contributed by atoms with Crippen LogP contribution in [0.3, 0.4) is 0 Å². The normalized spacial score (nSPS) is 15.4. The van der Waals surface area contributed by atoms with Gasteiger partial charge < -0.3 is 14.2 Å². The molecule has 0 aliphatic carbocycles. The molecule has 170 valence electrons. The number of hydrogen-bond acceptors (Lipinski definition) is 7. The lowest BCUT2D eigenvalue weighted by Crippen LogP contribution is -2.59. The Balaban J connectivity index is 5.95. The first kappa shape index (κ1) is 27.0. The summed E-state index contributed by atoms with van der Waals surface area (Å²) in [5, 5.41) is -5.07. The van der Waals surface area contributed by atoms with Gasteiger partial charge in [0.05, 0.1) is 13.0 Å². The molecular formula is C12H12F8O8S. The Morgan fingerprint density at radius 2 is 1.52 bits per heavy atom. The summed E-state index contributed by atoms with van der Waals surface area (Å²) >= 11 is 0. The van der Waals surface area contributed by atoms with E-state index in [-0.39, 0.29) is 0 Å². The predicted octanol–water partition coefficient (Wildman–Crippen LogP) is 2.36. The summed E-state index contributed by atoms with van der Waals surface area (Å²) in [6.07, 6.45) is -13.7. The van der Waals surface area contributed by atoms with Crippen molar-refractivity contribution in [3.05, 3.63) is 12.2 Å². The summed E-state index contributed by atoms with van der Waals surface area (Å²) in [4.78, 5) is 23.1. The molecule has 0 aromatic rings. The summed E-state index contributed by atoms with van der Waals surface area (Å²) < 4.78 is 143. The van der Waals surface area contributed by atoms with E-state index < -0.39 is 70.7 Å². The quantitative estimate of drug-likeness (QED) is 0.180. The third-order valence-electron chi connectivity index (χ3n) is 2.67. The van der Waals surface area contributed by atoms with E-state index in [0.717, 1.165) is 6.92 Å². The van der Waals surface area contributed by atoms with Crippen molar-refractivity contribution >= 4 is 22.1 Å². The minimum atomic E-state index is -6.17. The van der Waals surface area contributed by atoms with Crippen molar-refractivity contribution in [2.75, 3.05) is 13.2 Å². The zero-order chi connectivity index (χ0) is 23.5. The van der Waals surface area contributed by atoms with Gasteiger partial charge in [-0.05, 0) is 6.92 Å². The zero-order valence-corrected chi connectivity index (χ0v) is 14.9. The Kier molecular flexibility index (Phi) is 8.17. The second kappa shape index (κ2) is 8.78. The fourth-order valence-electron chi connectivity index (χ4n) is 1.29. The number of ether oxygens (including phenoxy) is 3. The van der Waals surface area contributed by atoms with Crippen molar-refractivity contribution in [3.8, 4) is 0 Å². The van der Waals surface area contributed by atoms with Gasteiger partial charge in [0.15, 0.2) is 6.61 Å². The van der Waals surface area contributed by atoms with Gasteiger partial charge in [0.25, 0.3) is 0 Å². The molecule has 0 aliphatic heterocycles. The maximum Gasteiger partial charge on any atom is 0.468 e. The van der Waals surface area contributed by atoms with Crippen molar-refractivity contribution in [3.63, 3.8) is 0 Å². The van der Waals surface area contributed by atoms with Gasteiger partial charge in [0.1, 0.15) is 0 Å². The van der Waals surface area contributed by atoms with Crippen molar-refractivity contribution < 1.29 is 71.9 Å². The molecule has 0 saturated carbocycles. The largest absolute Gasteiger partial charge is 0.468 e. The van der Waals surface area contributed by atoms with Crippen LogP contribution in [-0.2, 0) is 33.9 Å². The minimum Gasteiger partial charge on any atom is -0.451 e. The van der Waals surface area contributed by atoms with E-state index in [4.69, 9.17) is 4.55 Å². The van der Waals surface area contributed by atoms with Crippen LogP contribution in [0.15, 0.2) is 12.2 Å². The average molecular weight is 468 g/mol. The van der Waals surface area contributed by atoms with Crippen molar-refractivity contribution in [2.24, 2.45) is 0 Å². The lowest BCUT2D eigenvalue weighted by Gasteiger charge is -2.32. The molecule has 0 saturated heterocycles. The molecule has 1 N–H and O–H groups in total. The number of carbonyl (C=O) groups excluding carboxylic acids is 2. The van der Waals surface area contributed by atoms with E-state index in [1.165, 1.54) is 0 Å². The highest BCUT2D eigenvalue weighted by molar-refractivity contribution is 7.86. The Morgan fingerprint density at radius 1 is 1.03 bits per heavy atom. The number of halogens is 8. The topological polar surface area (TPSA) is 116 Å². The van der Waals surface area contributed by atoms with Crippen LogP contribution in [0.2, 0.25) is 0 Å². The fraction of sp³-hybridized carbons (Fsp3) is 0.667. The van der Waals surface area contributed by atoms with Crippen molar-refractivity contribution in [1.82, 2.24) is 0 Å². The van der Waals surface area contributed by atoms with Gasteiger partial charge in [0.2, 0.25) is 0 Å². The summed E-state index contributed by atoms with van der Waals surface area (Å²) in [6.45, 7) is -1.03. The van der Waals surface area contributed by atoms with E-state index in [1.54, 1.807) is 0 Å². The van der Waals surface area contributed by atoms with E-state index >= 15 is 0 Å². The Morgan fingerprint density at radius 3 is 1.86 bits per heavy atom. The van der Waals surface area contributed by atoms with Crippen LogP contribution in [0.25, 0.3) is 0 Å². The molecule has 1 unspecified atom stereocenters. The van der Waals surface area contributed by atoms with Crippen LogP contribution in [0.4, 0.5) is 35.1 Å². The first-order valence-corrected chi connectivity index (χ1v) is 8.28. The van der Waals surface area contributed by atoms with Gasteiger partial charge in [-0.2, -0.15) is 43.5 Å². The number of alkyl halides is 8. The van der Waals surface area contributed by atoms with Crippen molar-refractivity contribution in [2.45, 2.75) is 36.7 Å². The summed E-state index contributed by atoms with van der Waals surface area (Å²) in [5.74, 6) is -10.00. The van der Waals surface area contributed by atoms with Crippen LogP contribution >= 0.6 is 0 Å². The highest BCUT2D eigenvalue weighted by atomic mass is 32.2. The first-order chi connectivity index (χ1) is 12.7. The number of rotatable bonds is 9. The van der Waals surface area contributed by atoms with Gasteiger partial charge in [-0.1, -0.05) is 6.58 Å². The van der Waals surface area contributed by atoms with Gasteiger partial charge in [-0.3, -0.25) is 4.55 Å². The Hall–Kier alpha value is -2.01. The summed E-state index contributed by atoms with van der Waals surface area (Å²) in [6, 6.07) is 0. The first-order valence-electron chi connectivity index (χ1n) is 6.84. The van der Waals surface area contributed by atoms with Crippen LogP contribution in [0.5, 0.6) is 0 Å². The van der Waals surface area contributed by atoms with Crippen LogP contribution < -0.4 is 0 Å².